The Labute approximate surface area is 116 Å². The van der Waals surface area contributed by atoms with Crippen LogP contribution in [0.1, 0.15) is 25.3 Å². The number of hydrogen-bond donors (Lipinski definition) is 0. The number of hydrogen-bond acceptors (Lipinski definition) is 1. The highest BCUT2D eigenvalue weighted by molar-refractivity contribution is 6.76. The predicted octanol–water partition coefficient (Wildman–Crippen LogP) is 4.14. The van der Waals surface area contributed by atoms with Crippen molar-refractivity contribution in [2.45, 2.75) is 23.6 Å². The van der Waals surface area contributed by atoms with Gasteiger partial charge in [0.2, 0.25) is 0 Å². The van der Waals surface area contributed by atoms with Gasteiger partial charge in [-0.1, -0.05) is 60.8 Å². The summed E-state index contributed by atoms with van der Waals surface area (Å²) in [5.74, 6) is -0.127. The van der Waals surface area contributed by atoms with Gasteiger partial charge >= 0.3 is 0 Å². The Morgan fingerprint density at radius 2 is 1.65 bits per heavy atom. The van der Waals surface area contributed by atoms with Crippen LogP contribution in [0.25, 0.3) is 0 Å². The number of amides is 1. The van der Waals surface area contributed by atoms with E-state index in [1.54, 1.807) is 7.05 Å². The van der Waals surface area contributed by atoms with Crippen LogP contribution in [-0.4, -0.2) is 16.7 Å². The minimum atomic E-state index is -1.93. The Kier molecular flexibility index (Phi) is 4.70. The molecule has 0 saturated heterocycles. The Morgan fingerprint density at radius 3 is 2.00 bits per heavy atom. The van der Waals surface area contributed by atoms with Gasteiger partial charge in [0.1, 0.15) is 0 Å². The monoisotopic (exact) mass is 293 g/mol. The smallest absolute Gasteiger partial charge is 0.278 e. The number of carbonyl (C=O) groups excluding carboxylic acids is 1. The van der Waals surface area contributed by atoms with E-state index in [2.05, 4.69) is 13.8 Å². The SMILES string of the molecule is CC(C)c1ccc(N(C)C(=O)C(Cl)(Cl)Cl)cc1. The maximum atomic E-state index is 11.7. The minimum absolute atomic E-state index is 0.443. The molecule has 0 aliphatic rings. The molecule has 0 N–H and O–H groups in total. The topological polar surface area (TPSA) is 20.3 Å². The summed E-state index contributed by atoms with van der Waals surface area (Å²) >= 11 is 16.6. The van der Waals surface area contributed by atoms with Gasteiger partial charge in [0, 0.05) is 12.7 Å². The second-order valence-electron chi connectivity index (χ2n) is 4.11. The first-order valence-electron chi connectivity index (χ1n) is 5.18. The highest BCUT2D eigenvalue weighted by Gasteiger charge is 2.34. The summed E-state index contributed by atoms with van der Waals surface area (Å²) in [6.07, 6.45) is 0. The first-order chi connectivity index (χ1) is 7.73. The molecular formula is C12H14Cl3NO. The van der Waals surface area contributed by atoms with Crippen molar-refractivity contribution in [3.8, 4) is 0 Å². The van der Waals surface area contributed by atoms with Crippen molar-refractivity contribution in [1.29, 1.82) is 0 Å². The zero-order chi connectivity index (χ0) is 13.2. The van der Waals surface area contributed by atoms with Crippen LogP contribution in [0, 0.1) is 0 Å². The van der Waals surface area contributed by atoms with E-state index in [1.165, 1.54) is 10.5 Å². The molecule has 0 radical (unpaired) electrons. The van der Waals surface area contributed by atoms with E-state index >= 15 is 0 Å². The second kappa shape index (κ2) is 5.47. The molecule has 0 spiro atoms. The lowest BCUT2D eigenvalue weighted by molar-refractivity contribution is -0.117. The highest BCUT2D eigenvalue weighted by Crippen LogP contribution is 2.30. The third-order valence-corrected chi connectivity index (χ3v) is 2.98. The van der Waals surface area contributed by atoms with E-state index in [4.69, 9.17) is 34.8 Å². The van der Waals surface area contributed by atoms with E-state index in [-0.39, 0.29) is 0 Å². The molecule has 0 fully saturated rings. The molecule has 1 amide bonds. The van der Waals surface area contributed by atoms with Crippen molar-refractivity contribution in [1.82, 2.24) is 0 Å². The Morgan fingerprint density at radius 1 is 1.18 bits per heavy atom. The molecule has 1 aromatic rings. The first-order valence-corrected chi connectivity index (χ1v) is 6.31. The number of rotatable bonds is 2. The molecule has 5 heteroatoms. The van der Waals surface area contributed by atoms with Gasteiger partial charge in [-0.05, 0) is 23.6 Å². The van der Waals surface area contributed by atoms with Crippen LogP contribution < -0.4 is 4.90 Å². The van der Waals surface area contributed by atoms with E-state index < -0.39 is 9.70 Å². The van der Waals surface area contributed by atoms with Crippen molar-refractivity contribution in [2.24, 2.45) is 0 Å². The fourth-order valence-electron chi connectivity index (χ4n) is 1.39. The van der Waals surface area contributed by atoms with Gasteiger partial charge in [0.05, 0.1) is 0 Å². The maximum Gasteiger partial charge on any atom is 0.278 e. The third kappa shape index (κ3) is 3.77. The Hall–Kier alpha value is -0.440. The molecule has 2 nitrogen and oxygen atoms in total. The van der Waals surface area contributed by atoms with E-state index in [9.17, 15) is 4.79 Å². The van der Waals surface area contributed by atoms with Gasteiger partial charge in [-0.15, -0.1) is 0 Å². The first kappa shape index (κ1) is 14.6. The molecule has 0 aliphatic heterocycles. The van der Waals surface area contributed by atoms with Gasteiger partial charge in [0.25, 0.3) is 9.70 Å². The minimum Gasteiger partial charge on any atom is -0.312 e. The van der Waals surface area contributed by atoms with Crippen molar-refractivity contribution in [2.75, 3.05) is 11.9 Å². The lowest BCUT2D eigenvalue weighted by Gasteiger charge is -2.21. The number of anilines is 1. The zero-order valence-electron chi connectivity index (χ0n) is 9.88. The summed E-state index contributed by atoms with van der Waals surface area (Å²) in [5.41, 5.74) is 1.90. The Bertz CT molecular complexity index is 395. The lowest BCUT2D eigenvalue weighted by Crippen LogP contribution is -2.36. The average Bonchev–Trinajstić information content (AvgIpc) is 2.26. The number of carbonyl (C=O) groups is 1. The summed E-state index contributed by atoms with van der Waals surface area (Å²) in [6, 6.07) is 7.59. The quantitative estimate of drug-likeness (QED) is 0.751. The van der Waals surface area contributed by atoms with Crippen molar-refractivity contribution >= 4 is 46.4 Å². The summed E-state index contributed by atoms with van der Waals surface area (Å²) in [5, 5.41) is 0. The van der Waals surface area contributed by atoms with Crippen LogP contribution in [0.15, 0.2) is 24.3 Å². The molecule has 0 aromatic heterocycles. The predicted molar refractivity (Wildman–Crippen MR) is 74.2 cm³/mol. The molecular weight excluding hydrogens is 280 g/mol. The summed E-state index contributed by atoms with van der Waals surface area (Å²) in [6.45, 7) is 4.20. The molecule has 17 heavy (non-hydrogen) atoms. The molecule has 0 saturated carbocycles. The zero-order valence-corrected chi connectivity index (χ0v) is 12.1. The lowest BCUT2D eigenvalue weighted by atomic mass is 10.0. The average molecular weight is 295 g/mol. The van der Waals surface area contributed by atoms with Gasteiger partial charge in [0.15, 0.2) is 0 Å². The van der Waals surface area contributed by atoms with Gasteiger partial charge < -0.3 is 4.90 Å². The number of benzene rings is 1. The molecule has 0 unspecified atom stereocenters. The van der Waals surface area contributed by atoms with E-state index in [0.717, 1.165) is 0 Å². The summed E-state index contributed by atoms with van der Waals surface area (Å²) < 4.78 is -1.93. The Balaban J connectivity index is 2.91. The summed E-state index contributed by atoms with van der Waals surface area (Å²) in [7, 11) is 1.58. The van der Waals surface area contributed by atoms with Crippen LogP contribution in [-0.2, 0) is 4.79 Å². The third-order valence-electron chi connectivity index (χ3n) is 2.49. The molecule has 94 valence electrons. The second-order valence-corrected chi connectivity index (χ2v) is 6.39. The fraction of sp³-hybridized carbons (Fsp3) is 0.417. The highest BCUT2D eigenvalue weighted by atomic mass is 35.6. The largest absolute Gasteiger partial charge is 0.312 e. The summed E-state index contributed by atoms with van der Waals surface area (Å²) in [4.78, 5) is 13.0. The molecule has 0 aliphatic carbocycles. The van der Waals surface area contributed by atoms with E-state index in [1.807, 2.05) is 24.3 Å². The number of alkyl halides is 3. The fourth-order valence-corrected chi connectivity index (χ4v) is 1.77. The number of nitrogens with zero attached hydrogens (tertiary/aromatic N) is 1. The van der Waals surface area contributed by atoms with Gasteiger partial charge in [-0.25, -0.2) is 0 Å². The van der Waals surface area contributed by atoms with Gasteiger partial charge in [-0.2, -0.15) is 0 Å². The van der Waals surface area contributed by atoms with Crippen molar-refractivity contribution in [3.63, 3.8) is 0 Å². The maximum absolute atomic E-state index is 11.7. The molecule has 1 aromatic carbocycles. The normalized spacial score (nSPS) is 11.7. The van der Waals surface area contributed by atoms with Crippen LogP contribution >= 0.6 is 34.8 Å². The van der Waals surface area contributed by atoms with E-state index in [0.29, 0.717) is 11.6 Å². The molecule has 0 atom stereocenters. The van der Waals surface area contributed by atoms with Gasteiger partial charge in [-0.3, -0.25) is 4.79 Å². The molecule has 1 rings (SSSR count). The van der Waals surface area contributed by atoms with Crippen molar-refractivity contribution in [3.05, 3.63) is 29.8 Å². The van der Waals surface area contributed by atoms with Crippen LogP contribution in [0.2, 0.25) is 0 Å². The van der Waals surface area contributed by atoms with Crippen LogP contribution in [0.4, 0.5) is 5.69 Å². The molecule has 0 bridgehead atoms. The molecule has 0 heterocycles. The number of halogens is 3. The van der Waals surface area contributed by atoms with Crippen molar-refractivity contribution < 1.29 is 4.79 Å². The van der Waals surface area contributed by atoms with Crippen LogP contribution in [0.3, 0.4) is 0 Å². The standard InChI is InChI=1S/C12H14Cl3NO/c1-8(2)9-4-6-10(7-5-9)16(3)11(17)12(13,14)15/h4-8H,1-3H3. The van der Waals surface area contributed by atoms with Crippen LogP contribution in [0.5, 0.6) is 0 Å².